The summed E-state index contributed by atoms with van der Waals surface area (Å²) in [5, 5.41) is 7.70. The molecular formula is C15H17BrClN5. The van der Waals surface area contributed by atoms with Crippen LogP contribution in [0.15, 0.2) is 28.3 Å². The predicted molar refractivity (Wildman–Crippen MR) is 94.6 cm³/mol. The van der Waals surface area contributed by atoms with Crippen LogP contribution < -0.4 is 10.6 Å². The van der Waals surface area contributed by atoms with Crippen LogP contribution in [0.2, 0.25) is 5.28 Å². The number of likely N-dealkylation sites (N-methyl/N-ethyl adjacent to an activating group) is 1. The first-order valence-corrected chi connectivity index (χ1v) is 8.32. The summed E-state index contributed by atoms with van der Waals surface area (Å²) in [5.41, 5.74) is 3.16. The number of nitrogens with one attached hydrogen (secondary N) is 3. The van der Waals surface area contributed by atoms with E-state index < -0.39 is 0 Å². The summed E-state index contributed by atoms with van der Waals surface area (Å²) in [6.45, 7) is 1.63. The summed E-state index contributed by atoms with van der Waals surface area (Å²) in [6, 6.07) is 0. The standard InChI is InChI=1S/C15H17BrClN5/c1-18-7-6-10-12(16)11-13(19-8-9-4-2-3-5-9)21-15(17)22-14(11)20-10/h2-4,18H,5-8H2,1H3,(H2,19,20,21,22). The van der Waals surface area contributed by atoms with Gasteiger partial charge in [0.15, 0.2) is 0 Å². The van der Waals surface area contributed by atoms with Gasteiger partial charge in [0.05, 0.1) is 9.86 Å². The van der Waals surface area contributed by atoms with E-state index in [2.05, 4.69) is 59.7 Å². The largest absolute Gasteiger partial charge is 0.366 e. The van der Waals surface area contributed by atoms with Crippen LogP contribution in [0.3, 0.4) is 0 Å². The van der Waals surface area contributed by atoms with E-state index in [0.717, 1.165) is 52.9 Å². The molecule has 1 aliphatic rings. The lowest BCUT2D eigenvalue weighted by Gasteiger charge is -2.08. The molecule has 2 heterocycles. The molecule has 3 N–H and O–H groups in total. The number of halogens is 2. The average Bonchev–Trinajstić information content (AvgIpc) is 3.11. The number of aromatic amines is 1. The number of allylic oxidation sites excluding steroid dienone is 3. The Bertz CT molecular complexity index is 750. The van der Waals surface area contributed by atoms with Gasteiger partial charge < -0.3 is 15.6 Å². The van der Waals surface area contributed by atoms with Gasteiger partial charge in [0.1, 0.15) is 11.5 Å². The highest BCUT2D eigenvalue weighted by Gasteiger charge is 2.16. The van der Waals surface area contributed by atoms with E-state index in [1.165, 1.54) is 5.57 Å². The van der Waals surface area contributed by atoms with Gasteiger partial charge in [0.2, 0.25) is 5.28 Å². The quantitative estimate of drug-likeness (QED) is 0.670. The van der Waals surface area contributed by atoms with Crippen molar-refractivity contribution in [2.24, 2.45) is 0 Å². The van der Waals surface area contributed by atoms with Gasteiger partial charge in [-0.1, -0.05) is 18.2 Å². The van der Waals surface area contributed by atoms with Gasteiger partial charge in [-0.3, -0.25) is 0 Å². The fraction of sp³-hybridized carbons (Fsp3) is 0.333. The fourth-order valence-electron chi connectivity index (χ4n) is 2.45. The average molecular weight is 383 g/mol. The Morgan fingerprint density at radius 1 is 1.41 bits per heavy atom. The molecular weight excluding hydrogens is 366 g/mol. The topological polar surface area (TPSA) is 65.6 Å². The normalized spacial score (nSPS) is 13.9. The maximum atomic E-state index is 6.05. The Hall–Kier alpha value is -1.37. The molecule has 5 nitrogen and oxygen atoms in total. The van der Waals surface area contributed by atoms with E-state index in [4.69, 9.17) is 11.6 Å². The maximum Gasteiger partial charge on any atom is 0.226 e. The van der Waals surface area contributed by atoms with Crippen molar-refractivity contribution in [2.45, 2.75) is 12.8 Å². The molecule has 2 aromatic heterocycles. The summed E-state index contributed by atoms with van der Waals surface area (Å²) in [4.78, 5) is 12.0. The molecule has 0 aromatic carbocycles. The second-order valence-electron chi connectivity index (χ2n) is 5.15. The lowest BCUT2D eigenvalue weighted by atomic mass is 10.2. The van der Waals surface area contributed by atoms with Crippen LogP contribution >= 0.6 is 27.5 Å². The number of hydrogen-bond acceptors (Lipinski definition) is 4. The van der Waals surface area contributed by atoms with Crippen molar-refractivity contribution in [2.75, 3.05) is 25.5 Å². The van der Waals surface area contributed by atoms with Crippen molar-refractivity contribution >= 4 is 44.4 Å². The number of anilines is 1. The van der Waals surface area contributed by atoms with E-state index in [1.807, 2.05) is 7.05 Å². The Labute approximate surface area is 142 Å². The molecule has 0 aliphatic heterocycles. The molecule has 0 saturated carbocycles. The molecule has 22 heavy (non-hydrogen) atoms. The molecule has 2 aromatic rings. The minimum absolute atomic E-state index is 0.238. The van der Waals surface area contributed by atoms with Gasteiger partial charge in [-0.25, -0.2) is 0 Å². The molecule has 0 amide bonds. The lowest BCUT2D eigenvalue weighted by Crippen LogP contribution is -2.10. The molecule has 0 radical (unpaired) electrons. The van der Waals surface area contributed by atoms with Crippen LogP contribution in [-0.2, 0) is 6.42 Å². The van der Waals surface area contributed by atoms with Gasteiger partial charge >= 0.3 is 0 Å². The summed E-state index contributed by atoms with van der Waals surface area (Å²) in [7, 11) is 1.93. The van der Waals surface area contributed by atoms with E-state index in [9.17, 15) is 0 Å². The van der Waals surface area contributed by atoms with Crippen LogP contribution in [0.4, 0.5) is 5.82 Å². The molecule has 7 heteroatoms. The van der Waals surface area contributed by atoms with Crippen LogP contribution in [0.1, 0.15) is 12.1 Å². The molecule has 0 spiro atoms. The predicted octanol–water partition coefficient (Wildman–Crippen LogP) is 3.43. The van der Waals surface area contributed by atoms with Crippen LogP contribution in [0, 0.1) is 0 Å². The number of nitrogens with zero attached hydrogens (tertiary/aromatic N) is 2. The Morgan fingerprint density at radius 3 is 3.00 bits per heavy atom. The third kappa shape index (κ3) is 3.19. The lowest BCUT2D eigenvalue weighted by molar-refractivity contribution is 0.779. The second kappa shape index (κ2) is 6.81. The molecule has 1 aliphatic carbocycles. The highest BCUT2D eigenvalue weighted by molar-refractivity contribution is 9.10. The SMILES string of the molecule is CNCCc1[nH]c2nc(Cl)nc(NCC3=CC=CC3)c2c1Br. The Kier molecular flexibility index (Phi) is 4.81. The second-order valence-corrected chi connectivity index (χ2v) is 6.28. The maximum absolute atomic E-state index is 6.05. The van der Waals surface area contributed by atoms with Crippen LogP contribution in [0.25, 0.3) is 11.0 Å². The van der Waals surface area contributed by atoms with E-state index >= 15 is 0 Å². The fourth-order valence-corrected chi connectivity index (χ4v) is 3.29. The van der Waals surface area contributed by atoms with Crippen LogP contribution in [-0.4, -0.2) is 35.1 Å². The number of hydrogen-bond donors (Lipinski definition) is 3. The zero-order chi connectivity index (χ0) is 15.5. The van der Waals surface area contributed by atoms with E-state index in [0.29, 0.717) is 0 Å². The first kappa shape index (κ1) is 15.5. The summed E-state index contributed by atoms with van der Waals surface area (Å²) >= 11 is 9.71. The number of aromatic nitrogens is 3. The highest BCUT2D eigenvalue weighted by Crippen LogP contribution is 2.33. The van der Waals surface area contributed by atoms with Gasteiger partial charge in [-0.15, -0.1) is 0 Å². The summed E-state index contributed by atoms with van der Waals surface area (Å²) < 4.78 is 0.996. The van der Waals surface area contributed by atoms with Crippen molar-refractivity contribution in [1.29, 1.82) is 0 Å². The molecule has 0 saturated heterocycles. The summed E-state index contributed by atoms with van der Waals surface area (Å²) in [6.07, 6.45) is 8.19. The minimum atomic E-state index is 0.238. The van der Waals surface area contributed by atoms with Gasteiger partial charge in [0, 0.05) is 25.2 Å². The third-order valence-electron chi connectivity index (χ3n) is 3.59. The van der Waals surface area contributed by atoms with E-state index in [1.54, 1.807) is 0 Å². The molecule has 0 atom stereocenters. The number of fused-ring (bicyclic) bond motifs is 1. The van der Waals surface area contributed by atoms with Crippen molar-refractivity contribution < 1.29 is 0 Å². The van der Waals surface area contributed by atoms with Gasteiger partial charge in [-0.2, -0.15) is 9.97 Å². The summed E-state index contributed by atoms with van der Waals surface area (Å²) in [5.74, 6) is 0.752. The van der Waals surface area contributed by atoms with Crippen molar-refractivity contribution in [3.05, 3.63) is 39.3 Å². The zero-order valence-electron chi connectivity index (χ0n) is 12.2. The third-order valence-corrected chi connectivity index (χ3v) is 4.64. The van der Waals surface area contributed by atoms with Crippen molar-refractivity contribution in [3.63, 3.8) is 0 Å². The monoisotopic (exact) mass is 381 g/mol. The first-order valence-electron chi connectivity index (χ1n) is 7.15. The molecule has 0 fully saturated rings. The van der Waals surface area contributed by atoms with Crippen molar-refractivity contribution in [1.82, 2.24) is 20.3 Å². The van der Waals surface area contributed by atoms with Gasteiger partial charge in [0.25, 0.3) is 0 Å². The van der Waals surface area contributed by atoms with E-state index in [-0.39, 0.29) is 5.28 Å². The minimum Gasteiger partial charge on any atom is -0.366 e. The molecule has 116 valence electrons. The number of rotatable bonds is 6. The highest BCUT2D eigenvalue weighted by atomic mass is 79.9. The molecule has 0 unspecified atom stereocenters. The van der Waals surface area contributed by atoms with Crippen LogP contribution in [0.5, 0.6) is 0 Å². The van der Waals surface area contributed by atoms with Crippen molar-refractivity contribution in [3.8, 4) is 0 Å². The van der Waals surface area contributed by atoms with Gasteiger partial charge in [-0.05, 0) is 46.6 Å². The zero-order valence-corrected chi connectivity index (χ0v) is 14.6. The smallest absolute Gasteiger partial charge is 0.226 e. The first-order chi connectivity index (χ1) is 10.7. The molecule has 0 bridgehead atoms. The number of H-pyrrole nitrogens is 1. The molecule has 3 rings (SSSR count). The Morgan fingerprint density at radius 2 is 2.27 bits per heavy atom. The Balaban J connectivity index is 1.91.